The van der Waals surface area contributed by atoms with Crippen LogP contribution in [0.1, 0.15) is 37.7 Å². The lowest BCUT2D eigenvalue weighted by Crippen LogP contribution is -2.22. The van der Waals surface area contributed by atoms with Gasteiger partial charge in [-0.2, -0.15) is 0 Å². The van der Waals surface area contributed by atoms with Crippen LogP contribution in [0.15, 0.2) is 30.3 Å². The highest BCUT2D eigenvalue weighted by Crippen LogP contribution is 2.28. The van der Waals surface area contributed by atoms with Crippen molar-refractivity contribution in [2.24, 2.45) is 5.92 Å². The highest BCUT2D eigenvalue weighted by Gasteiger charge is 2.25. The predicted molar refractivity (Wildman–Crippen MR) is 67.8 cm³/mol. The highest BCUT2D eigenvalue weighted by atomic mass is 16.5. The minimum atomic E-state index is -0.286. The number of Topliss-reactive ketones (excluding diaryl/α,β-unsaturated/α-hetero) is 1. The predicted octanol–water partition coefficient (Wildman–Crippen LogP) is 2.88. The molecule has 0 bridgehead atoms. The molecule has 96 valence electrons. The summed E-state index contributed by atoms with van der Waals surface area (Å²) in [5.74, 6) is 0.149. The van der Waals surface area contributed by atoms with Gasteiger partial charge in [-0.25, -0.2) is 0 Å². The van der Waals surface area contributed by atoms with Gasteiger partial charge in [-0.15, -0.1) is 0 Å². The van der Waals surface area contributed by atoms with Crippen molar-refractivity contribution in [2.45, 2.75) is 38.7 Å². The fourth-order valence-corrected chi connectivity index (χ4v) is 1.97. The van der Waals surface area contributed by atoms with Crippen LogP contribution in [0, 0.1) is 5.92 Å². The molecule has 18 heavy (non-hydrogen) atoms. The third-order valence-corrected chi connectivity index (χ3v) is 3.38. The van der Waals surface area contributed by atoms with Gasteiger partial charge in [-0.3, -0.25) is 9.59 Å². The van der Waals surface area contributed by atoms with Crippen LogP contribution < -0.4 is 0 Å². The summed E-state index contributed by atoms with van der Waals surface area (Å²) in [6.45, 7) is 0.289. The van der Waals surface area contributed by atoms with E-state index in [1.807, 2.05) is 30.3 Å². The zero-order valence-electron chi connectivity index (χ0n) is 10.4. The van der Waals surface area contributed by atoms with Crippen LogP contribution in [-0.2, 0) is 20.9 Å². The van der Waals surface area contributed by atoms with E-state index in [-0.39, 0.29) is 30.7 Å². The molecular weight excluding hydrogens is 228 g/mol. The Bertz CT molecular complexity index is 407. The van der Waals surface area contributed by atoms with Gasteiger partial charge in [0.15, 0.2) is 0 Å². The maximum Gasteiger partial charge on any atom is 0.306 e. The Morgan fingerprint density at radius 2 is 1.83 bits per heavy atom. The Hall–Kier alpha value is -1.64. The Labute approximate surface area is 107 Å². The molecule has 1 saturated carbocycles. The van der Waals surface area contributed by atoms with Gasteiger partial charge >= 0.3 is 5.97 Å². The normalized spacial score (nSPS) is 14.9. The second-order valence-corrected chi connectivity index (χ2v) is 4.74. The molecule has 0 unspecified atom stereocenters. The summed E-state index contributed by atoms with van der Waals surface area (Å²) in [7, 11) is 0. The van der Waals surface area contributed by atoms with Crippen LogP contribution in [0.5, 0.6) is 0 Å². The number of carbonyl (C=O) groups excluding carboxylic acids is 2. The number of ether oxygens (including phenoxy) is 1. The lowest BCUT2D eigenvalue weighted by Gasteiger charge is -2.23. The third kappa shape index (κ3) is 3.69. The first-order valence-corrected chi connectivity index (χ1v) is 6.48. The summed E-state index contributed by atoms with van der Waals surface area (Å²) < 4.78 is 5.12. The molecule has 0 aliphatic heterocycles. The summed E-state index contributed by atoms with van der Waals surface area (Å²) in [4.78, 5) is 23.1. The first-order valence-electron chi connectivity index (χ1n) is 6.48. The molecule has 0 saturated heterocycles. The standard InChI is InChI=1S/C15H18O3/c16-14(13-7-4-8-13)9-10-15(17)18-11-12-5-2-1-3-6-12/h1-3,5-6,13H,4,7-11H2. The Kier molecular flexibility index (Phi) is 4.51. The van der Waals surface area contributed by atoms with E-state index in [9.17, 15) is 9.59 Å². The van der Waals surface area contributed by atoms with Crippen molar-refractivity contribution in [3.63, 3.8) is 0 Å². The molecule has 0 heterocycles. The molecule has 2 rings (SSSR count). The smallest absolute Gasteiger partial charge is 0.306 e. The topological polar surface area (TPSA) is 43.4 Å². The van der Waals surface area contributed by atoms with Crippen LogP contribution in [0.25, 0.3) is 0 Å². The van der Waals surface area contributed by atoms with Crippen molar-refractivity contribution in [3.8, 4) is 0 Å². The molecule has 0 N–H and O–H groups in total. The van der Waals surface area contributed by atoms with Gasteiger partial charge in [0.1, 0.15) is 12.4 Å². The fraction of sp³-hybridized carbons (Fsp3) is 0.467. The second-order valence-electron chi connectivity index (χ2n) is 4.74. The van der Waals surface area contributed by atoms with Crippen molar-refractivity contribution in [1.29, 1.82) is 0 Å². The van der Waals surface area contributed by atoms with Gasteiger partial charge in [-0.05, 0) is 18.4 Å². The lowest BCUT2D eigenvalue weighted by molar-refractivity contribution is -0.146. The molecule has 1 aromatic rings. The molecule has 1 aliphatic carbocycles. The number of hydrogen-bond acceptors (Lipinski definition) is 3. The first kappa shape index (κ1) is 12.8. The van der Waals surface area contributed by atoms with E-state index >= 15 is 0 Å². The van der Waals surface area contributed by atoms with Crippen molar-refractivity contribution in [3.05, 3.63) is 35.9 Å². The first-order chi connectivity index (χ1) is 8.75. The highest BCUT2D eigenvalue weighted by molar-refractivity contribution is 5.85. The van der Waals surface area contributed by atoms with Crippen molar-refractivity contribution >= 4 is 11.8 Å². The van der Waals surface area contributed by atoms with E-state index in [0.717, 1.165) is 24.8 Å². The van der Waals surface area contributed by atoms with Crippen molar-refractivity contribution < 1.29 is 14.3 Å². The molecular formula is C15H18O3. The minimum absolute atomic E-state index is 0.210. The zero-order chi connectivity index (χ0) is 12.8. The fourth-order valence-electron chi connectivity index (χ4n) is 1.97. The molecule has 0 radical (unpaired) electrons. The SMILES string of the molecule is O=C(CCC(=O)C1CCC1)OCc1ccccc1. The quantitative estimate of drug-likeness (QED) is 0.725. The monoisotopic (exact) mass is 246 g/mol. The van der Waals surface area contributed by atoms with E-state index in [1.54, 1.807) is 0 Å². The number of carbonyl (C=O) groups is 2. The van der Waals surface area contributed by atoms with E-state index in [2.05, 4.69) is 0 Å². The summed E-state index contributed by atoms with van der Waals surface area (Å²) in [5, 5.41) is 0. The van der Waals surface area contributed by atoms with Crippen LogP contribution in [0.4, 0.5) is 0 Å². The van der Waals surface area contributed by atoms with E-state index in [0.29, 0.717) is 6.42 Å². The molecule has 3 heteroatoms. The Morgan fingerprint density at radius 1 is 1.11 bits per heavy atom. The number of ketones is 1. The van der Waals surface area contributed by atoms with Gasteiger partial charge in [-0.1, -0.05) is 36.8 Å². The van der Waals surface area contributed by atoms with E-state index in [1.165, 1.54) is 0 Å². The van der Waals surface area contributed by atoms with Crippen LogP contribution in [0.3, 0.4) is 0 Å². The summed E-state index contributed by atoms with van der Waals surface area (Å²) >= 11 is 0. The van der Waals surface area contributed by atoms with Gasteiger partial charge in [0.05, 0.1) is 6.42 Å². The lowest BCUT2D eigenvalue weighted by atomic mass is 9.81. The van der Waals surface area contributed by atoms with Crippen LogP contribution in [0.2, 0.25) is 0 Å². The summed E-state index contributed by atoms with van der Waals surface area (Å²) in [6.07, 6.45) is 3.69. The largest absolute Gasteiger partial charge is 0.461 e. The molecule has 0 spiro atoms. The molecule has 3 nitrogen and oxygen atoms in total. The Balaban J connectivity index is 1.64. The maximum absolute atomic E-state index is 11.6. The van der Waals surface area contributed by atoms with Gasteiger partial charge in [0, 0.05) is 12.3 Å². The van der Waals surface area contributed by atoms with Gasteiger partial charge < -0.3 is 4.74 Å². The second kappa shape index (κ2) is 6.34. The van der Waals surface area contributed by atoms with Crippen molar-refractivity contribution in [1.82, 2.24) is 0 Å². The van der Waals surface area contributed by atoms with Crippen LogP contribution >= 0.6 is 0 Å². The van der Waals surface area contributed by atoms with Gasteiger partial charge in [0.25, 0.3) is 0 Å². The maximum atomic E-state index is 11.6. The number of benzene rings is 1. The zero-order valence-corrected chi connectivity index (χ0v) is 10.4. The number of hydrogen-bond donors (Lipinski definition) is 0. The summed E-state index contributed by atoms with van der Waals surface area (Å²) in [6, 6.07) is 9.55. The average molecular weight is 246 g/mol. The summed E-state index contributed by atoms with van der Waals surface area (Å²) in [5.41, 5.74) is 0.969. The number of esters is 1. The number of rotatable bonds is 6. The van der Waals surface area contributed by atoms with E-state index in [4.69, 9.17) is 4.74 Å². The Morgan fingerprint density at radius 3 is 2.44 bits per heavy atom. The minimum Gasteiger partial charge on any atom is -0.461 e. The molecule has 1 aliphatic rings. The van der Waals surface area contributed by atoms with Crippen molar-refractivity contribution in [2.75, 3.05) is 0 Å². The molecule has 1 fully saturated rings. The average Bonchev–Trinajstić information content (AvgIpc) is 2.33. The van der Waals surface area contributed by atoms with Crippen LogP contribution in [-0.4, -0.2) is 11.8 Å². The molecule has 1 aromatic carbocycles. The molecule has 0 aromatic heterocycles. The molecule has 0 atom stereocenters. The molecule has 0 amide bonds. The third-order valence-electron chi connectivity index (χ3n) is 3.38. The van der Waals surface area contributed by atoms with E-state index < -0.39 is 0 Å². The van der Waals surface area contributed by atoms with Gasteiger partial charge in [0.2, 0.25) is 0 Å².